The summed E-state index contributed by atoms with van der Waals surface area (Å²) < 4.78 is 45.1. The molecule has 1 fully saturated rings. The molecule has 3 nitrogen and oxygen atoms in total. The summed E-state index contributed by atoms with van der Waals surface area (Å²) in [6.45, 7) is 4.04. The lowest BCUT2D eigenvalue weighted by Crippen LogP contribution is -2.42. The Labute approximate surface area is 123 Å². The Kier molecular flexibility index (Phi) is 5.11. The number of benzene rings is 1. The van der Waals surface area contributed by atoms with Crippen LogP contribution in [0.2, 0.25) is 0 Å². The fourth-order valence-electron chi connectivity index (χ4n) is 2.57. The summed E-state index contributed by atoms with van der Waals surface area (Å²) >= 11 is 0. The molecule has 1 atom stereocenters. The molecular formula is C15H21F3N2O. The number of nitrogens with one attached hydrogen (secondary N) is 1. The molecule has 1 unspecified atom stereocenters. The Bertz CT molecular complexity index is 476. The van der Waals surface area contributed by atoms with Crippen molar-refractivity contribution in [3.05, 3.63) is 29.3 Å². The Hall–Kier alpha value is -1.27. The van der Waals surface area contributed by atoms with Gasteiger partial charge in [0.25, 0.3) is 0 Å². The van der Waals surface area contributed by atoms with Crippen LogP contribution in [-0.2, 0) is 17.5 Å². The number of nitrogens with zero attached hydrogens (tertiary/aromatic N) is 1. The fraction of sp³-hybridized carbons (Fsp3) is 0.600. The highest BCUT2D eigenvalue weighted by molar-refractivity contribution is 5.52. The van der Waals surface area contributed by atoms with E-state index in [1.807, 2.05) is 11.8 Å². The highest BCUT2D eigenvalue weighted by Crippen LogP contribution is 2.35. The normalized spacial score (nSPS) is 19.9. The lowest BCUT2D eigenvalue weighted by Gasteiger charge is -2.34. The van der Waals surface area contributed by atoms with E-state index in [2.05, 4.69) is 5.32 Å². The highest BCUT2D eigenvalue weighted by Gasteiger charge is 2.34. The number of ether oxygens (including phenoxy) is 1. The van der Waals surface area contributed by atoms with Gasteiger partial charge in [0.2, 0.25) is 0 Å². The monoisotopic (exact) mass is 302 g/mol. The predicted molar refractivity (Wildman–Crippen MR) is 76.5 cm³/mol. The van der Waals surface area contributed by atoms with Gasteiger partial charge in [-0.25, -0.2) is 0 Å². The first-order valence-corrected chi connectivity index (χ1v) is 7.17. The topological polar surface area (TPSA) is 24.5 Å². The van der Waals surface area contributed by atoms with Crippen molar-refractivity contribution in [1.29, 1.82) is 0 Å². The molecule has 0 saturated carbocycles. The Morgan fingerprint density at radius 2 is 2.14 bits per heavy atom. The van der Waals surface area contributed by atoms with Crippen molar-refractivity contribution in [2.24, 2.45) is 0 Å². The van der Waals surface area contributed by atoms with Crippen molar-refractivity contribution in [2.45, 2.75) is 32.2 Å². The molecule has 1 aromatic rings. The largest absolute Gasteiger partial charge is 0.416 e. The van der Waals surface area contributed by atoms with Crippen LogP contribution in [0.4, 0.5) is 18.9 Å². The minimum atomic E-state index is -4.33. The van der Waals surface area contributed by atoms with Crippen LogP contribution in [0.15, 0.2) is 18.2 Å². The Morgan fingerprint density at radius 3 is 2.76 bits per heavy atom. The molecule has 118 valence electrons. The van der Waals surface area contributed by atoms with E-state index >= 15 is 0 Å². The third kappa shape index (κ3) is 3.89. The van der Waals surface area contributed by atoms with Crippen molar-refractivity contribution in [3.8, 4) is 0 Å². The molecule has 1 N–H and O–H groups in total. The first kappa shape index (κ1) is 16.1. The van der Waals surface area contributed by atoms with Gasteiger partial charge in [-0.1, -0.05) is 13.0 Å². The van der Waals surface area contributed by atoms with E-state index in [-0.39, 0.29) is 18.2 Å². The SMILES string of the molecule is CCC1CN(c2ccc(CNC)c(C(F)(F)F)c2)CCO1. The van der Waals surface area contributed by atoms with Crippen LogP contribution >= 0.6 is 0 Å². The van der Waals surface area contributed by atoms with Gasteiger partial charge in [-0.3, -0.25) is 0 Å². The van der Waals surface area contributed by atoms with Gasteiger partial charge in [0.1, 0.15) is 0 Å². The number of anilines is 1. The third-order valence-electron chi connectivity index (χ3n) is 3.73. The second-order valence-corrected chi connectivity index (χ2v) is 5.22. The highest BCUT2D eigenvalue weighted by atomic mass is 19.4. The zero-order chi connectivity index (χ0) is 15.5. The molecule has 1 aliphatic heterocycles. The van der Waals surface area contributed by atoms with Gasteiger partial charge in [0.15, 0.2) is 0 Å². The zero-order valence-electron chi connectivity index (χ0n) is 12.3. The van der Waals surface area contributed by atoms with Gasteiger partial charge in [0, 0.05) is 25.3 Å². The zero-order valence-corrected chi connectivity index (χ0v) is 12.3. The molecule has 21 heavy (non-hydrogen) atoms. The van der Waals surface area contributed by atoms with Gasteiger partial charge >= 0.3 is 6.18 Å². The molecule has 1 aromatic carbocycles. The molecule has 0 aromatic heterocycles. The minimum Gasteiger partial charge on any atom is -0.375 e. The van der Waals surface area contributed by atoms with E-state index in [0.29, 0.717) is 25.4 Å². The fourth-order valence-corrected chi connectivity index (χ4v) is 2.57. The predicted octanol–water partition coefficient (Wildman–Crippen LogP) is 3.04. The summed E-state index contributed by atoms with van der Waals surface area (Å²) in [6.07, 6.45) is -3.39. The van der Waals surface area contributed by atoms with E-state index in [1.165, 1.54) is 6.07 Å². The molecule has 1 saturated heterocycles. The average molecular weight is 302 g/mol. The number of morpholine rings is 1. The maximum atomic E-state index is 13.2. The summed E-state index contributed by atoms with van der Waals surface area (Å²) in [4.78, 5) is 1.97. The molecule has 0 aliphatic carbocycles. The van der Waals surface area contributed by atoms with E-state index in [0.717, 1.165) is 6.42 Å². The van der Waals surface area contributed by atoms with Gasteiger partial charge in [-0.05, 0) is 31.2 Å². The van der Waals surface area contributed by atoms with Crippen LogP contribution in [0.1, 0.15) is 24.5 Å². The lowest BCUT2D eigenvalue weighted by molar-refractivity contribution is -0.138. The van der Waals surface area contributed by atoms with Crippen LogP contribution < -0.4 is 10.2 Å². The molecular weight excluding hydrogens is 281 g/mol. The average Bonchev–Trinajstić information content (AvgIpc) is 2.47. The number of hydrogen-bond acceptors (Lipinski definition) is 3. The molecule has 1 heterocycles. The van der Waals surface area contributed by atoms with Crippen LogP contribution in [0.5, 0.6) is 0 Å². The van der Waals surface area contributed by atoms with Crippen LogP contribution in [0, 0.1) is 0 Å². The lowest BCUT2D eigenvalue weighted by atomic mass is 10.0. The van der Waals surface area contributed by atoms with Crippen molar-refractivity contribution in [1.82, 2.24) is 5.32 Å². The minimum absolute atomic E-state index is 0.0880. The summed E-state index contributed by atoms with van der Waals surface area (Å²) in [5.74, 6) is 0. The van der Waals surface area contributed by atoms with Gasteiger partial charge in [0.05, 0.1) is 18.3 Å². The Morgan fingerprint density at radius 1 is 1.38 bits per heavy atom. The number of rotatable bonds is 4. The summed E-state index contributed by atoms with van der Waals surface area (Å²) in [7, 11) is 1.64. The molecule has 0 bridgehead atoms. The van der Waals surface area contributed by atoms with E-state index in [4.69, 9.17) is 4.74 Å². The molecule has 2 rings (SSSR count). The van der Waals surface area contributed by atoms with Crippen molar-refractivity contribution in [2.75, 3.05) is 31.6 Å². The van der Waals surface area contributed by atoms with Crippen LogP contribution in [0.25, 0.3) is 0 Å². The number of halogens is 3. The number of alkyl halides is 3. The van der Waals surface area contributed by atoms with E-state index in [9.17, 15) is 13.2 Å². The Balaban J connectivity index is 2.28. The number of hydrogen-bond donors (Lipinski definition) is 1. The van der Waals surface area contributed by atoms with Crippen molar-refractivity contribution in [3.63, 3.8) is 0 Å². The second kappa shape index (κ2) is 6.66. The molecule has 6 heteroatoms. The third-order valence-corrected chi connectivity index (χ3v) is 3.73. The summed E-state index contributed by atoms with van der Waals surface area (Å²) in [5, 5.41) is 2.78. The van der Waals surface area contributed by atoms with Gasteiger partial charge in [-0.15, -0.1) is 0 Å². The van der Waals surface area contributed by atoms with Gasteiger partial charge in [-0.2, -0.15) is 13.2 Å². The smallest absolute Gasteiger partial charge is 0.375 e. The molecule has 1 aliphatic rings. The quantitative estimate of drug-likeness (QED) is 0.925. The van der Waals surface area contributed by atoms with E-state index < -0.39 is 11.7 Å². The summed E-state index contributed by atoms with van der Waals surface area (Å²) in [6, 6.07) is 4.58. The molecule has 0 radical (unpaired) electrons. The first-order valence-electron chi connectivity index (χ1n) is 7.17. The second-order valence-electron chi connectivity index (χ2n) is 5.22. The van der Waals surface area contributed by atoms with E-state index in [1.54, 1.807) is 19.2 Å². The molecule has 0 spiro atoms. The summed E-state index contributed by atoms with van der Waals surface area (Å²) in [5.41, 5.74) is 0.326. The van der Waals surface area contributed by atoms with Gasteiger partial charge < -0.3 is 15.0 Å². The van der Waals surface area contributed by atoms with Crippen LogP contribution in [0.3, 0.4) is 0 Å². The van der Waals surface area contributed by atoms with Crippen molar-refractivity contribution >= 4 is 5.69 Å². The maximum absolute atomic E-state index is 13.2. The first-order chi connectivity index (χ1) is 9.95. The molecule has 0 amide bonds. The van der Waals surface area contributed by atoms with Crippen LogP contribution in [-0.4, -0.2) is 32.8 Å². The standard InChI is InChI=1S/C15H21F3N2O/c1-3-13-10-20(6-7-21-13)12-5-4-11(9-19-2)14(8-12)15(16,17)18/h4-5,8,13,19H,3,6-7,9-10H2,1-2H3. The van der Waals surface area contributed by atoms with Crippen molar-refractivity contribution < 1.29 is 17.9 Å². The maximum Gasteiger partial charge on any atom is 0.416 e.